The highest BCUT2D eigenvalue weighted by molar-refractivity contribution is 6.16. The minimum Gasteiger partial charge on any atom is -0.456 e. The number of nitrogens with zero attached hydrogens (tertiary/aromatic N) is 2. The summed E-state index contributed by atoms with van der Waals surface area (Å²) in [6, 6.07) is 63.0. The summed E-state index contributed by atoms with van der Waals surface area (Å²) >= 11 is 0. The molecule has 0 radical (unpaired) electrons. The Morgan fingerprint density at radius 2 is 0.944 bits per heavy atom. The third kappa shape index (κ3) is 4.90. The third-order valence-electron chi connectivity index (χ3n) is 10.3. The molecule has 3 aromatic heterocycles. The van der Waals surface area contributed by atoms with Gasteiger partial charge in [0.05, 0.1) is 5.39 Å². The van der Waals surface area contributed by atoms with Crippen LogP contribution in [0.4, 0.5) is 17.1 Å². The zero-order valence-corrected chi connectivity index (χ0v) is 28.9. The fraction of sp³-hybridized carbons (Fsp3) is 0. The van der Waals surface area contributed by atoms with Crippen molar-refractivity contribution >= 4 is 72.0 Å². The topological polar surface area (TPSA) is 55.6 Å². The Kier molecular flexibility index (Phi) is 6.79. The van der Waals surface area contributed by atoms with E-state index < -0.39 is 0 Å². The number of fused-ring (bicyclic) bond motifs is 8. The van der Waals surface area contributed by atoms with Crippen LogP contribution in [0.5, 0.6) is 0 Å². The fourth-order valence-corrected chi connectivity index (χ4v) is 7.77. The van der Waals surface area contributed by atoms with E-state index in [1.807, 2.05) is 42.5 Å². The molecule has 0 unspecified atom stereocenters. The van der Waals surface area contributed by atoms with E-state index in [1.54, 1.807) is 0 Å². The molecule has 3 heterocycles. The summed E-state index contributed by atoms with van der Waals surface area (Å²) in [6.45, 7) is 0. The molecule has 0 saturated carbocycles. The first-order valence-corrected chi connectivity index (χ1v) is 18.0. The molecule has 0 amide bonds. The number of hydrogen-bond donors (Lipinski definition) is 0. The minimum absolute atomic E-state index is 0.561. The van der Waals surface area contributed by atoms with Crippen LogP contribution in [-0.2, 0) is 0 Å². The second kappa shape index (κ2) is 12.1. The molecule has 0 saturated heterocycles. The van der Waals surface area contributed by atoms with Crippen molar-refractivity contribution in [3.8, 4) is 33.7 Å². The smallest absolute Gasteiger partial charge is 0.227 e. The SMILES string of the molecule is c1ccc(-c2ccc(N(c3ccc(-c4nc5ccc6oc7ccccc7c6c5o4)cc3)c3ccc4oc5ccccc5c4c3)cc2-c2ccccc2)cc1. The largest absolute Gasteiger partial charge is 0.456 e. The van der Waals surface area contributed by atoms with E-state index in [4.69, 9.17) is 18.2 Å². The zero-order chi connectivity index (χ0) is 35.6. The number of oxazole rings is 1. The highest BCUT2D eigenvalue weighted by Gasteiger charge is 2.20. The van der Waals surface area contributed by atoms with Crippen LogP contribution in [0.2, 0.25) is 0 Å². The maximum atomic E-state index is 6.51. The van der Waals surface area contributed by atoms with Crippen LogP contribution in [0, 0.1) is 0 Å². The van der Waals surface area contributed by atoms with Gasteiger partial charge in [-0.1, -0.05) is 103 Å². The van der Waals surface area contributed by atoms with Crippen LogP contribution in [0.1, 0.15) is 0 Å². The van der Waals surface area contributed by atoms with Crippen molar-refractivity contribution in [2.45, 2.75) is 0 Å². The Bertz CT molecular complexity index is 3160. The predicted molar refractivity (Wildman–Crippen MR) is 220 cm³/mol. The molecule has 11 rings (SSSR count). The molecule has 5 heteroatoms. The summed E-state index contributed by atoms with van der Waals surface area (Å²) in [5.41, 5.74) is 13.4. The summed E-state index contributed by atoms with van der Waals surface area (Å²) in [7, 11) is 0. The van der Waals surface area contributed by atoms with Gasteiger partial charge in [0.1, 0.15) is 27.8 Å². The van der Waals surface area contributed by atoms with E-state index >= 15 is 0 Å². The highest BCUT2D eigenvalue weighted by Crippen LogP contribution is 2.43. The van der Waals surface area contributed by atoms with Crippen molar-refractivity contribution in [2.24, 2.45) is 0 Å². The second-order valence-corrected chi connectivity index (χ2v) is 13.5. The molecule has 0 atom stereocenters. The van der Waals surface area contributed by atoms with Crippen LogP contribution in [0.25, 0.3) is 88.7 Å². The molecular formula is C49H30N2O3. The molecule has 0 spiro atoms. The van der Waals surface area contributed by atoms with Crippen molar-refractivity contribution in [3.63, 3.8) is 0 Å². The molecule has 0 aliphatic carbocycles. The number of furan rings is 2. The van der Waals surface area contributed by atoms with Gasteiger partial charge in [-0.2, -0.15) is 0 Å². The van der Waals surface area contributed by atoms with Crippen molar-refractivity contribution in [2.75, 3.05) is 4.90 Å². The molecule has 54 heavy (non-hydrogen) atoms. The molecular weight excluding hydrogens is 665 g/mol. The van der Waals surface area contributed by atoms with Gasteiger partial charge in [0.25, 0.3) is 0 Å². The lowest BCUT2D eigenvalue weighted by molar-refractivity contribution is 0.622. The lowest BCUT2D eigenvalue weighted by atomic mass is 9.93. The van der Waals surface area contributed by atoms with Gasteiger partial charge in [0.15, 0.2) is 5.58 Å². The number of anilines is 3. The molecule has 8 aromatic carbocycles. The molecule has 0 fully saturated rings. The zero-order valence-electron chi connectivity index (χ0n) is 28.9. The Labute approximate surface area is 309 Å². The van der Waals surface area contributed by atoms with Gasteiger partial charge >= 0.3 is 0 Å². The number of para-hydroxylation sites is 2. The molecule has 0 aliphatic rings. The Balaban J connectivity index is 1.07. The number of benzene rings is 8. The average molecular weight is 695 g/mol. The van der Waals surface area contributed by atoms with Crippen LogP contribution in [-0.4, -0.2) is 4.98 Å². The second-order valence-electron chi connectivity index (χ2n) is 13.5. The molecule has 0 N–H and O–H groups in total. The summed E-state index contributed by atoms with van der Waals surface area (Å²) in [5.74, 6) is 0.561. The number of hydrogen-bond acceptors (Lipinski definition) is 5. The van der Waals surface area contributed by atoms with E-state index in [0.29, 0.717) is 5.89 Å². The van der Waals surface area contributed by atoms with Crippen LogP contribution in [0.3, 0.4) is 0 Å². The molecule has 0 bridgehead atoms. The van der Waals surface area contributed by atoms with E-state index in [9.17, 15) is 0 Å². The molecule has 11 aromatic rings. The van der Waals surface area contributed by atoms with E-state index in [2.05, 4.69) is 144 Å². The first-order valence-electron chi connectivity index (χ1n) is 18.0. The standard InChI is InChI=1S/C49H30N2O3/c1-3-11-31(12-4-1)37-25-23-35(29-40(37)32-13-5-2-6-14-32)51(36-24-27-45-41(30-36)38-15-7-9-17-43(38)52-45)34-21-19-33(20-22-34)49-50-42-26-28-46-47(48(42)54-49)39-16-8-10-18-44(39)53-46/h1-30H. The summed E-state index contributed by atoms with van der Waals surface area (Å²) in [4.78, 5) is 7.22. The number of rotatable bonds is 6. The van der Waals surface area contributed by atoms with Gasteiger partial charge in [-0.3, -0.25) is 0 Å². The van der Waals surface area contributed by atoms with E-state index in [0.717, 1.165) is 88.7 Å². The van der Waals surface area contributed by atoms with Crippen LogP contribution >= 0.6 is 0 Å². The van der Waals surface area contributed by atoms with Gasteiger partial charge in [-0.05, 0) is 101 Å². The summed E-state index contributed by atoms with van der Waals surface area (Å²) < 4.78 is 18.9. The maximum absolute atomic E-state index is 6.51. The van der Waals surface area contributed by atoms with Gasteiger partial charge in [0, 0.05) is 38.8 Å². The fourth-order valence-electron chi connectivity index (χ4n) is 7.77. The van der Waals surface area contributed by atoms with Crippen molar-refractivity contribution in [3.05, 3.63) is 182 Å². The van der Waals surface area contributed by atoms with Gasteiger partial charge in [0.2, 0.25) is 5.89 Å². The predicted octanol–water partition coefficient (Wildman–Crippen LogP) is 14.1. The Hall–Kier alpha value is -7.37. The normalized spacial score (nSPS) is 11.7. The first kappa shape index (κ1) is 30.3. The van der Waals surface area contributed by atoms with Gasteiger partial charge in [-0.25, -0.2) is 4.98 Å². The van der Waals surface area contributed by atoms with Crippen molar-refractivity contribution in [1.82, 2.24) is 4.98 Å². The maximum Gasteiger partial charge on any atom is 0.227 e. The number of aromatic nitrogens is 1. The Morgan fingerprint density at radius 3 is 1.72 bits per heavy atom. The van der Waals surface area contributed by atoms with Crippen LogP contribution < -0.4 is 4.90 Å². The first-order chi connectivity index (χ1) is 26.7. The van der Waals surface area contributed by atoms with Gasteiger partial charge < -0.3 is 18.2 Å². The van der Waals surface area contributed by atoms with Gasteiger partial charge in [-0.15, -0.1) is 0 Å². The van der Waals surface area contributed by atoms with E-state index in [-0.39, 0.29) is 0 Å². The Morgan fingerprint density at radius 1 is 0.370 bits per heavy atom. The summed E-state index contributed by atoms with van der Waals surface area (Å²) in [5, 5.41) is 4.12. The minimum atomic E-state index is 0.561. The van der Waals surface area contributed by atoms with Crippen molar-refractivity contribution < 1.29 is 13.3 Å². The highest BCUT2D eigenvalue weighted by atomic mass is 16.4. The molecule has 5 nitrogen and oxygen atoms in total. The lowest BCUT2D eigenvalue weighted by Gasteiger charge is -2.27. The lowest BCUT2D eigenvalue weighted by Crippen LogP contribution is -2.10. The quantitative estimate of drug-likeness (QED) is 0.173. The monoisotopic (exact) mass is 694 g/mol. The average Bonchev–Trinajstić information content (AvgIpc) is 3.95. The van der Waals surface area contributed by atoms with Crippen LogP contribution in [0.15, 0.2) is 195 Å². The summed E-state index contributed by atoms with van der Waals surface area (Å²) in [6.07, 6.45) is 0. The van der Waals surface area contributed by atoms with E-state index in [1.165, 1.54) is 11.1 Å². The molecule has 254 valence electrons. The van der Waals surface area contributed by atoms with Crippen molar-refractivity contribution in [1.29, 1.82) is 0 Å². The third-order valence-corrected chi connectivity index (χ3v) is 10.3. The molecule has 0 aliphatic heterocycles.